The third-order valence-electron chi connectivity index (χ3n) is 6.99. The first-order valence-corrected chi connectivity index (χ1v) is 11.6. The average molecular weight is 492 g/mol. The maximum absolute atomic E-state index is 13.3. The van der Waals surface area contributed by atoms with E-state index in [1.54, 1.807) is 24.5 Å². The summed E-state index contributed by atoms with van der Waals surface area (Å²) in [5, 5.41) is 13.8. The third kappa shape index (κ3) is 3.80. The van der Waals surface area contributed by atoms with E-state index in [0.717, 1.165) is 11.1 Å². The van der Waals surface area contributed by atoms with Crippen LogP contribution in [0.25, 0.3) is 17.5 Å². The molecule has 3 aromatic heterocycles. The summed E-state index contributed by atoms with van der Waals surface area (Å²) in [5.41, 5.74) is 3.14. The lowest BCUT2D eigenvalue weighted by atomic mass is 9.81. The van der Waals surface area contributed by atoms with Crippen LogP contribution >= 0.6 is 0 Å². The van der Waals surface area contributed by atoms with Gasteiger partial charge >= 0.3 is 0 Å². The number of aryl methyl sites for hydroxylation is 1. The Bertz CT molecular complexity index is 1480. The average Bonchev–Trinajstić information content (AvgIpc) is 3.59. The first-order valence-electron chi connectivity index (χ1n) is 11.6. The Morgan fingerprint density at radius 2 is 2.11 bits per heavy atom. The third-order valence-corrected chi connectivity index (χ3v) is 6.99. The van der Waals surface area contributed by atoms with E-state index in [1.165, 1.54) is 0 Å². The van der Waals surface area contributed by atoms with Crippen molar-refractivity contribution in [2.75, 3.05) is 5.32 Å². The molecule has 1 aliphatic heterocycles. The number of hydrogen-bond donors (Lipinski definition) is 2. The molecule has 0 radical (unpaired) electrons. The van der Waals surface area contributed by atoms with E-state index in [1.807, 2.05) is 29.8 Å². The highest BCUT2D eigenvalue weighted by Crippen LogP contribution is 2.48. The van der Waals surface area contributed by atoms with Crippen LogP contribution in [0.3, 0.4) is 0 Å². The lowest BCUT2D eigenvalue weighted by Crippen LogP contribution is -2.33. The smallest absolute Gasteiger partial charge is 0.273 e. The minimum atomic E-state index is -2.67. The van der Waals surface area contributed by atoms with Gasteiger partial charge in [-0.25, -0.2) is 13.8 Å². The minimum Gasteiger partial charge on any atom is -0.339 e. The van der Waals surface area contributed by atoms with Crippen molar-refractivity contribution in [3.8, 4) is 11.4 Å². The highest BCUT2D eigenvalue weighted by atomic mass is 19.3. The van der Waals surface area contributed by atoms with Gasteiger partial charge in [0, 0.05) is 53.7 Å². The van der Waals surface area contributed by atoms with Gasteiger partial charge in [-0.05, 0) is 24.6 Å². The van der Waals surface area contributed by atoms with Crippen molar-refractivity contribution < 1.29 is 18.1 Å². The number of rotatable bonds is 5. The van der Waals surface area contributed by atoms with Crippen LogP contribution in [0.4, 0.5) is 14.5 Å². The molecule has 36 heavy (non-hydrogen) atoms. The Labute approximate surface area is 204 Å². The summed E-state index contributed by atoms with van der Waals surface area (Å²) in [6.07, 6.45) is 8.60. The Hall–Kier alpha value is -4.15. The number of nitrogens with one attached hydrogen (secondary N) is 2. The van der Waals surface area contributed by atoms with Crippen LogP contribution in [0.1, 0.15) is 59.0 Å². The Morgan fingerprint density at radius 1 is 1.28 bits per heavy atom. The van der Waals surface area contributed by atoms with Crippen molar-refractivity contribution >= 4 is 17.7 Å². The van der Waals surface area contributed by atoms with Crippen LogP contribution in [-0.4, -0.2) is 41.7 Å². The molecule has 1 amide bonds. The van der Waals surface area contributed by atoms with Crippen LogP contribution in [0, 0.1) is 6.92 Å². The van der Waals surface area contributed by atoms with Gasteiger partial charge in [0.2, 0.25) is 17.6 Å². The van der Waals surface area contributed by atoms with E-state index in [2.05, 4.69) is 43.6 Å². The van der Waals surface area contributed by atoms with Gasteiger partial charge in [-0.3, -0.25) is 9.89 Å². The van der Waals surface area contributed by atoms with E-state index < -0.39 is 11.8 Å². The van der Waals surface area contributed by atoms with E-state index in [0.29, 0.717) is 35.1 Å². The maximum atomic E-state index is 13.3. The largest absolute Gasteiger partial charge is 0.339 e. The number of H-pyrrole nitrogens is 1. The van der Waals surface area contributed by atoms with E-state index in [-0.39, 0.29) is 30.1 Å². The zero-order valence-corrected chi connectivity index (χ0v) is 19.6. The fourth-order valence-corrected chi connectivity index (χ4v) is 4.70. The standard InChI is InChI=1S/C25H23F2N7O2/c1-14-3-4-15(21-32-23(36-33-21)16-8-25(26,27)9-16)7-18(14)31-22(35)19-12-28-20-5-6-24(2,13-34(19)20)17-10-29-30-11-17/h3-7,10-12,16H,8-9,13H2,1-2H3,(H,29,30)(H,31,35). The number of amides is 1. The Morgan fingerprint density at radius 3 is 2.86 bits per heavy atom. The maximum Gasteiger partial charge on any atom is 0.273 e. The predicted molar refractivity (Wildman–Crippen MR) is 127 cm³/mol. The van der Waals surface area contributed by atoms with E-state index in [4.69, 9.17) is 4.52 Å². The number of allylic oxidation sites excluding steroid dienone is 1. The van der Waals surface area contributed by atoms with Gasteiger partial charge in [-0.15, -0.1) is 0 Å². The normalized spacial score (nSPS) is 20.7. The van der Waals surface area contributed by atoms with Crippen molar-refractivity contribution in [3.05, 3.63) is 71.4 Å². The van der Waals surface area contributed by atoms with Gasteiger partial charge in [0.25, 0.3) is 5.91 Å². The number of anilines is 1. The number of alkyl halides is 2. The molecule has 1 fully saturated rings. The second-order valence-electron chi connectivity index (χ2n) is 9.73. The molecule has 9 nitrogen and oxygen atoms in total. The van der Waals surface area contributed by atoms with Crippen LogP contribution in [0.5, 0.6) is 0 Å². The van der Waals surface area contributed by atoms with Crippen molar-refractivity contribution in [1.29, 1.82) is 0 Å². The van der Waals surface area contributed by atoms with E-state index >= 15 is 0 Å². The molecule has 11 heteroatoms. The number of imidazole rings is 1. The summed E-state index contributed by atoms with van der Waals surface area (Å²) < 4.78 is 33.6. The molecular weight excluding hydrogens is 468 g/mol. The molecule has 4 aromatic rings. The molecule has 1 atom stereocenters. The van der Waals surface area contributed by atoms with Crippen LogP contribution in [-0.2, 0) is 12.0 Å². The fraction of sp³-hybridized carbons (Fsp3) is 0.320. The first-order chi connectivity index (χ1) is 17.2. The second-order valence-corrected chi connectivity index (χ2v) is 9.73. The first kappa shape index (κ1) is 22.3. The zero-order valence-electron chi connectivity index (χ0n) is 19.6. The topological polar surface area (TPSA) is 115 Å². The quantitative estimate of drug-likeness (QED) is 0.418. The van der Waals surface area contributed by atoms with Crippen molar-refractivity contribution in [2.45, 2.75) is 50.5 Å². The lowest BCUT2D eigenvalue weighted by molar-refractivity contribution is -0.0925. The number of halogens is 2. The SMILES string of the molecule is Cc1ccc(-c2noc(C3CC(F)(F)C3)n2)cc1NC(=O)c1cnc2n1CC(C)(c1cn[nH]c1)C=C2. The second kappa shape index (κ2) is 7.94. The minimum absolute atomic E-state index is 0.210. The van der Waals surface area contributed by atoms with Gasteiger partial charge in [0.1, 0.15) is 11.5 Å². The number of benzene rings is 1. The molecule has 1 aliphatic carbocycles. The van der Waals surface area contributed by atoms with Gasteiger partial charge < -0.3 is 14.4 Å². The highest BCUT2D eigenvalue weighted by Gasteiger charge is 2.48. The zero-order chi connectivity index (χ0) is 25.1. The van der Waals surface area contributed by atoms with Gasteiger partial charge in [0.05, 0.1) is 12.4 Å². The number of fused-ring (bicyclic) bond motifs is 1. The summed E-state index contributed by atoms with van der Waals surface area (Å²) in [4.78, 5) is 22.0. The van der Waals surface area contributed by atoms with Gasteiger partial charge in [-0.1, -0.05) is 30.3 Å². The summed E-state index contributed by atoms with van der Waals surface area (Å²) in [5.74, 6) is -2.20. The Balaban J connectivity index is 1.23. The summed E-state index contributed by atoms with van der Waals surface area (Å²) >= 11 is 0. The van der Waals surface area contributed by atoms with Crippen molar-refractivity contribution in [2.24, 2.45) is 0 Å². The van der Waals surface area contributed by atoms with Crippen LogP contribution in [0.2, 0.25) is 0 Å². The lowest BCUT2D eigenvalue weighted by Gasteiger charge is -2.31. The van der Waals surface area contributed by atoms with Crippen LogP contribution in [0.15, 0.2) is 47.4 Å². The summed E-state index contributed by atoms with van der Waals surface area (Å²) in [7, 11) is 0. The number of hydrogen-bond acceptors (Lipinski definition) is 6. The molecule has 4 heterocycles. The van der Waals surface area contributed by atoms with Crippen LogP contribution < -0.4 is 5.32 Å². The molecule has 1 aromatic carbocycles. The van der Waals surface area contributed by atoms with E-state index in [9.17, 15) is 13.6 Å². The van der Waals surface area contributed by atoms with Gasteiger partial charge in [-0.2, -0.15) is 10.1 Å². The molecule has 184 valence electrons. The number of aromatic amines is 1. The Kier molecular flexibility index (Phi) is 4.92. The monoisotopic (exact) mass is 491 g/mol. The van der Waals surface area contributed by atoms with Crippen molar-refractivity contribution in [1.82, 2.24) is 29.9 Å². The number of nitrogens with zero attached hydrogens (tertiary/aromatic N) is 5. The molecule has 1 unspecified atom stereocenters. The predicted octanol–water partition coefficient (Wildman–Crippen LogP) is 4.71. The molecule has 0 spiro atoms. The molecule has 0 saturated heterocycles. The number of aromatic nitrogens is 6. The summed E-state index contributed by atoms with van der Waals surface area (Å²) in [6, 6.07) is 5.39. The molecule has 0 bridgehead atoms. The fourth-order valence-electron chi connectivity index (χ4n) is 4.70. The molecular formula is C25H23F2N7O2. The number of carbonyl (C=O) groups excluding carboxylic acids is 1. The molecule has 2 aliphatic rings. The van der Waals surface area contributed by atoms with Crippen molar-refractivity contribution in [3.63, 3.8) is 0 Å². The molecule has 6 rings (SSSR count). The van der Waals surface area contributed by atoms with Gasteiger partial charge in [0.15, 0.2) is 0 Å². The highest BCUT2D eigenvalue weighted by molar-refractivity contribution is 6.04. The molecule has 1 saturated carbocycles. The number of carbonyl (C=O) groups is 1. The summed E-state index contributed by atoms with van der Waals surface area (Å²) in [6.45, 7) is 4.49. The molecule has 2 N–H and O–H groups in total.